The second kappa shape index (κ2) is 7.41. The van der Waals surface area contributed by atoms with Crippen molar-refractivity contribution in [1.29, 1.82) is 0 Å². The molecule has 0 aliphatic heterocycles. The van der Waals surface area contributed by atoms with Gasteiger partial charge in [0.05, 0.1) is 4.90 Å². The minimum Gasteiger partial charge on any atom is -0.316 e. The Morgan fingerprint density at radius 1 is 1.25 bits per heavy atom. The van der Waals surface area contributed by atoms with Crippen LogP contribution in [0.25, 0.3) is 0 Å². The highest BCUT2D eigenvalue weighted by molar-refractivity contribution is 7.89. The van der Waals surface area contributed by atoms with E-state index in [9.17, 15) is 8.42 Å². The molecule has 0 bridgehead atoms. The van der Waals surface area contributed by atoms with Crippen molar-refractivity contribution in [2.45, 2.75) is 44.7 Å². The summed E-state index contributed by atoms with van der Waals surface area (Å²) in [6.45, 7) is 6.60. The lowest BCUT2D eigenvalue weighted by Crippen LogP contribution is -2.33. The van der Waals surface area contributed by atoms with Gasteiger partial charge in [0.1, 0.15) is 0 Å². The molecule has 0 aromatic heterocycles. The fraction of sp³-hybridized carbons (Fsp3) is 0.571. The Morgan fingerprint density at radius 3 is 2.40 bits per heavy atom. The van der Waals surface area contributed by atoms with Crippen LogP contribution in [0.3, 0.4) is 0 Å². The lowest BCUT2D eigenvalue weighted by Gasteiger charge is -2.16. The number of hydrogen-bond donors (Lipinski definition) is 2. The number of nitrogens with one attached hydrogen (secondary N) is 2. The van der Waals surface area contributed by atoms with Crippen LogP contribution in [-0.2, 0) is 16.6 Å². The van der Waals surface area contributed by atoms with Gasteiger partial charge in [0.2, 0.25) is 10.0 Å². The van der Waals surface area contributed by atoms with Crippen LogP contribution in [-0.4, -0.2) is 21.5 Å². The van der Waals surface area contributed by atoms with E-state index in [0.29, 0.717) is 17.5 Å². The summed E-state index contributed by atoms with van der Waals surface area (Å²) >= 11 is 6.10. The van der Waals surface area contributed by atoms with E-state index >= 15 is 0 Å². The van der Waals surface area contributed by atoms with E-state index in [1.165, 1.54) is 6.07 Å². The molecule has 1 atom stereocenters. The molecule has 0 amide bonds. The summed E-state index contributed by atoms with van der Waals surface area (Å²) in [5.74, 6) is 0.439. The summed E-state index contributed by atoms with van der Waals surface area (Å²) in [5, 5.41) is 3.44. The first-order valence-corrected chi connectivity index (χ1v) is 8.57. The third-order valence-corrected chi connectivity index (χ3v) is 4.82. The molecule has 4 nitrogen and oxygen atoms in total. The highest BCUT2D eigenvalue weighted by atomic mass is 35.5. The number of hydrogen-bond acceptors (Lipinski definition) is 3. The van der Waals surface area contributed by atoms with Crippen LogP contribution in [0.15, 0.2) is 23.1 Å². The van der Waals surface area contributed by atoms with Crippen LogP contribution >= 0.6 is 11.6 Å². The largest absolute Gasteiger partial charge is 0.316 e. The molecule has 114 valence electrons. The Labute approximate surface area is 127 Å². The van der Waals surface area contributed by atoms with E-state index in [-0.39, 0.29) is 10.9 Å². The maximum Gasteiger partial charge on any atom is 0.240 e. The van der Waals surface area contributed by atoms with Gasteiger partial charge in [-0.1, -0.05) is 31.5 Å². The van der Waals surface area contributed by atoms with E-state index in [2.05, 4.69) is 23.9 Å². The maximum absolute atomic E-state index is 12.3. The molecule has 0 saturated carbocycles. The Morgan fingerprint density at radius 2 is 1.90 bits per heavy atom. The van der Waals surface area contributed by atoms with Crippen LogP contribution in [0, 0.1) is 5.92 Å². The molecule has 6 heteroatoms. The normalized spacial score (nSPS) is 13.7. The van der Waals surface area contributed by atoms with E-state index < -0.39 is 10.0 Å². The molecule has 0 saturated heterocycles. The first-order chi connectivity index (χ1) is 9.26. The Bertz CT molecular complexity index is 544. The SMILES string of the molecule is CNCc1ccc(S(=O)(=O)NC(C)CC(C)C)cc1Cl. The summed E-state index contributed by atoms with van der Waals surface area (Å²) in [7, 11) is -1.70. The summed E-state index contributed by atoms with van der Waals surface area (Å²) in [6.07, 6.45) is 0.796. The van der Waals surface area contributed by atoms with Gasteiger partial charge in [-0.15, -0.1) is 0 Å². The Hall–Kier alpha value is -0.620. The number of rotatable bonds is 7. The average molecular weight is 319 g/mol. The summed E-state index contributed by atoms with van der Waals surface area (Å²) in [5.41, 5.74) is 0.878. The number of halogens is 1. The van der Waals surface area contributed by atoms with Gasteiger partial charge in [-0.05, 0) is 44.0 Å². The van der Waals surface area contributed by atoms with Gasteiger partial charge in [0.25, 0.3) is 0 Å². The Balaban J connectivity index is 2.90. The van der Waals surface area contributed by atoms with Crippen molar-refractivity contribution in [2.24, 2.45) is 5.92 Å². The van der Waals surface area contributed by atoms with Crippen LogP contribution in [0.2, 0.25) is 5.02 Å². The van der Waals surface area contributed by atoms with E-state index in [4.69, 9.17) is 11.6 Å². The molecule has 20 heavy (non-hydrogen) atoms. The van der Waals surface area contributed by atoms with Crippen LogP contribution in [0.5, 0.6) is 0 Å². The van der Waals surface area contributed by atoms with Crippen molar-refractivity contribution in [1.82, 2.24) is 10.0 Å². The summed E-state index contributed by atoms with van der Waals surface area (Å²) < 4.78 is 27.2. The quantitative estimate of drug-likeness (QED) is 0.812. The minimum absolute atomic E-state index is 0.101. The fourth-order valence-corrected chi connectivity index (χ4v) is 3.71. The van der Waals surface area contributed by atoms with Crippen molar-refractivity contribution in [3.8, 4) is 0 Å². The molecule has 0 radical (unpaired) electrons. The molecule has 1 unspecified atom stereocenters. The van der Waals surface area contributed by atoms with Gasteiger partial charge in [-0.25, -0.2) is 13.1 Å². The van der Waals surface area contributed by atoms with Gasteiger partial charge in [0, 0.05) is 17.6 Å². The zero-order valence-electron chi connectivity index (χ0n) is 12.4. The smallest absolute Gasteiger partial charge is 0.240 e. The van der Waals surface area contributed by atoms with Crippen molar-refractivity contribution >= 4 is 21.6 Å². The summed E-state index contributed by atoms with van der Waals surface area (Å²) in [4.78, 5) is 0.206. The zero-order valence-corrected chi connectivity index (χ0v) is 14.0. The van der Waals surface area contributed by atoms with Gasteiger partial charge >= 0.3 is 0 Å². The first kappa shape index (κ1) is 17.4. The number of sulfonamides is 1. The molecule has 1 aromatic rings. The first-order valence-electron chi connectivity index (χ1n) is 6.71. The Kier molecular flexibility index (Phi) is 6.45. The lowest BCUT2D eigenvalue weighted by atomic mass is 10.1. The highest BCUT2D eigenvalue weighted by Gasteiger charge is 2.19. The molecule has 0 aliphatic carbocycles. The highest BCUT2D eigenvalue weighted by Crippen LogP contribution is 2.21. The average Bonchev–Trinajstić information content (AvgIpc) is 2.29. The van der Waals surface area contributed by atoms with Gasteiger partial charge in [0.15, 0.2) is 0 Å². The second-order valence-corrected chi connectivity index (χ2v) is 7.56. The van der Waals surface area contributed by atoms with Crippen LogP contribution < -0.4 is 10.0 Å². The van der Waals surface area contributed by atoms with Gasteiger partial charge in [-0.2, -0.15) is 0 Å². The zero-order chi connectivity index (χ0) is 15.3. The van der Waals surface area contributed by atoms with Gasteiger partial charge in [-0.3, -0.25) is 0 Å². The summed E-state index contributed by atoms with van der Waals surface area (Å²) in [6, 6.07) is 4.72. The molecule has 1 rings (SSSR count). The minimum atomic E-state index is -3.51. The third-order valence-electron chi connectivity index (χ3n) is 2.88. The molecular formula is C14H23ClN2O2S. The second-order valence-electron chi connectivity index (χ2n) is 5.44. The predicted molar refractivity (Wildman–Crippen MR) is 83.5 cm³/mol. The fourth-order valence-electron chi connectivity index (χ4n) is 2.12. The van der Waals surface area contributed by atoms with E-state index in [1.54, 1.807) is 12.1 Å². The van der Waals surface area contributed by atoms with Crippen molar-refractivity contribution in [2.75, 3.05) is 7.05 Å². The third kappa shape index (κ3) is 5.05. The molecule has 2 N–H and O–H groups in total. The molecule has 0 heterocycles. The lowest BCUT2D eigenvalue weighted by molar-refractivity contribution is 0.482. The van der Waals surface area contributed by atoms with Gasteiger partial charge < -0.3 is 5.32 Å². The standard InChI is InChI=1S/C14H23ClN2O2S/c1-10(2)7-11(3)17-20(18,19)13-6-5-12(9-16-4)14(15)8-13/h5-6,8,10-11,16-17H,7,9H2,1-4H3. The van der Waals surface area contributed by atoms with Crippen LogP contribution in [0.4, 0.5) is 0 Å². The monoisotopic (exact) mass is 318 g/mol. The topological polar surface area (TPSA) is 58.2 Å². The molecular weight excluding hydrogens is 296 g/mol. The van der Waals surface area contributed by atoms with Crippen molar-refractivity contribution in [3.63, 3.8) is 0 Å². The molecule has 0 fully saturated rings. The van der Waals surface area contributed by atoms with Crippen molar-refractivity contribution < 1.29 is 8.42 Å². The van der Waals surface area contributed by atoms with E-state index in [1.807, 2.05) is 14.0 Å². The molecule has 1 aromatic carbocycles. The molecule has 0 spiro atoms. The van der Waals surface area contributed by atoms with Crippen molar-refractivity contribution in [3.05, 3.63) is 28.8 Å². The van der Waals surface area contributed by atoms with E-state index in [0.717, 1.165) is 12.0 Å². The molecule has 0 aliphatic rings. The predicted octanol–water partition coefficient (Wildman–Crippen LogP) is 2.77. The maximum atomic E-state index is 12.3. The van der Waals surface area contributed by atoms with Crippen LogP contribution in [0.1, 0.15) is 32.8 Å². The number of benzene rings is 1.